The molecule has 7 rings (SSSR count). The van der Waals surface area contributed by atoms with Crippen molar-refractivity contribution in [1.82, 2.24) is 14.0 Å². The second-order valence-corrected chi connectivity index (χ2v) is 10.9. The number of aromatic nitrogens is 3. The zero-order chi connectivity index (χ0) is 28.6. The lowest BCUT2D eigenvalue weighted by atomic mass is 9.94. The summed E-state index contributed by atoms with van der Waals surface area (Å²) < 4.78 is 4.48. The van der Waals surface area contributed by atoms with E-state index in [4.69, 9.17) is 4.98 Å². The second kappa shape index (κ2) is 10.7. The fraction of sp³-hybridized carbons (Fsp3) is 0.135. The van der Waals surface area contributed by atoms with Crippen LogP contribution in [0.25, 0.3) is 38.6 Å². The van der Waals surface area contributed by atoms with E-state index in [0.29, 0.717) is 17.7 Å². The lowest BCUT2D eigenvalue weighted by molar-refractivity contribution is 0.0700. The van der Waals surface area contributed by atoms with Crippen molar-refractivity contribution in [3.63, 3.8) is 0 Å². The predicted molar refractivity (Wildman–Crippen MR) is 169 cm³/mol. The topological polar surface area (TPSA) is 59.5 Å². The van der Waals surface area contributed by atoms with Crippen LogP contribution in [-0.2, 0) is 19.4 Å². The maximum Gasteiger partial charge on any atom is 0.337 e. The van der Waals surface area contributed by atoms with Crippen molar-refractivity contribution in [3.05, 3.63) is 143 Å². The van der Waals surface area contributed by atoms with E-state index in [1.807, 2.05) is 60.8 Å². The Kier molecular flexibility index (Phi) is 6.55. The summed E-state index contributed by atoms with van der Waals surface area (Å²) >= 11 is 0. The lowest BCUT2D eigenvalue weighted by Crippen LogP contribution is -2.03. The Balaban J connectivity index is 1.35. The maximum absolute atomic E-state index is 12.7. The monoisotopic (exact) mass is 549 g/mol. The summed E-state index contributed by atoms with van der Waals surface area (Å²) in [7, 11) is 0. The van der Waals surface area contributed by atoms with Crippen molar-refractivity contribution in [2.75, 3.05) is 0 Å². The zero-order valence-electron chi connectivity index (χ0n) is 23.5. The third-order valence-electron chi connectivity index (χ3n) is 8.29. The van der Waals surface area contributed by atoms with Crippen LogP contribution >= 0.6 is 0 Å². The normalized spacial score (nSPS) is 11.5. The first-order valence-electron chi connectivity index (χ1n) is 14.4. The molecule has 0 atom stereocenters. The third kappa shape index (κ3) is 4.53. The number of aromatic carboxylic acids is 1. The first-order valence-corrected chi connectivity index (χ1v) is 14.4. The Hall–Kier alpha value is -5.16. The molecule has 0 unspecified atom stereocenters. The summed E-state index contributed by atoms with van der Waals surface area (Å²) in [5.41, 5.74) is 8.45. The minimum atomic E-state index is -0.948. The van der Waals surface area contributed by atoms with Gasteiger partial charge < -0.3 is 14.1 Å². The van der Waals surface area contributed by atoms with E-state index >= 15 is 0 Å². The molecule has 0 fully saturated rings. The fourth-order valence-corrected chi connectivity index (χ4v) is 6.36. The zero-order valence-corrected chi connectivity index (χ0v) is 23.5. The molecule has 3 heterocycles. The predicted octanol–water partition coefficient (Wildman–Crippen LogP) is 8.34. The standard InChI is InChI=1S/C37H31N3O2/c1-25-11-9-17-31-34(25)28(24-39(31)21-10-14-26-12-3-2-4-13-26)23-32-36(38-33-18-7-8-22-40(32)33)30-20-19-27-15-5-6-16-29(27)35(30)37(41)42/h2-9,11-13,15-20,22,24H,10,14,21,23H2,1H3,(H,41,42). The van der Waals surface area contributed by atoms with Crippen molar-refractivity contribution < 1.29 is 9.90 Å². The minimum absolute atomic E-state index is 0.289. The number of fused-ring (bicyclic) bond motifs is 3. The lowest BCUT2D eigenvalue weighted by Gasteiger charge is -2.11. The van der Waals surface area contributed by atoms with Gasteiger partial charge in [0.05, 0.1) is 17.0 Å². The van der Waals surface area contributed by atoms with Crippen LogP contribution in [0.2, 0.25) is 0 Å². The van der Waals surface area contributed by atoms with E-state index in [-0.39, 0.29) is 5.56 Å². The highest BCUT2D eigenvalue weighted by Gasteiger charge is 2.23. The van der Waals surface area contributed by atoms with E-state index in [2.05, 4.69) is 70.6 Å². The second-order valence-electron chi connectivity index (χ2n) is 10.9. The summed E-state index contributed by atoms with van der Waals surface area (Å²) in [6, 6.07) is 34.6. The molecule has 0 spiro atoms. The number of aryl methyl sites for hydroxylation is 3. The van der Waals surface area contributed by atoms with Crippen LogP contribution in [0.4, 0.5) is 0 Å². The van der Waals surface area contributed by atoms with Gasteiger partial charge in [0.1, 0.15) is 5.65 Å². The number of hydrogen-bond acceptors (Lipinski definition) is 2. The van der Waals surface area contributed by atoms with Gasteiger partial charge in [-0.25, -0.2) is 9.78 Å². The summed E-state index contributed by atoms with van der Waals surface area (Å²) in [5, 5.41) is 13.3. The Morgan fingerprint density at radius 1 is 0.857 bits per heavy atom. The number of imidazole rings is 1. The first kappa shape index (κ1) is 25.8. The van der Waals surface area contributed by atoms with Gasteiger partial charge in [-0.05, 0) is 65.4 Å². The van der Waals surface area contributed by atoms with Crippen molar-refractivity contribution in [2.45, 2.75) is 32.7 Å². The van der Waals surface area contributed by atoms with Gasteiger partial charge in [-0.2, -0.15) is 0 Å². The number of nitrogens with zero attached hydrogens (tertiary/aromatic N) is 3. The molecule has 0 aliphatic carbocycles. The van der Waals surface area contributed by atoms with Gasteiger partial charge in [0.25, 0.3) is 0 Å². The van der Waals surface area contributed by atoms with E-state index in [1.165, 1.54) is 27.6 Å². The van der Waals surface area contributed by atoms with Gasteiger partial charge in [-0.1, -0.05) is 84.9 Å². The molecule has 7 aromatic rings. The number of carboxylic acids is 1. The Morgan fingerprint density at radius 3 is 2.52 bits per heavy atom. The van der Waals surface area contributed by atoms with Crippen LogP contribution in [0.1, 0.15) is 39.2 Å². The van der Waals surface area contributed by atoms with Crippen LogP contribution in [0, 0.1) is 6.92 Å². The Bertz CT molecular complexity index is 2090. The molecule has 206 valence electrons. The van der Waals surface area contributed by atoms with Gasteiger partial charge in [0, 0.05) is 41.8 Å². The third-order valence-corrected chi connectivity index (χ3v) is 8.29. The molecule has 0 amide bonds. The number of carbonyl (C=O) groups is 1. The molecular formula is C37H31N3O2. The van der Waals surface area contributed by atoms with Crippen molar-refractivity contribution >= 4 is 33.3 Å². The van der Waals surface area contributed by atoms with Gasteiger partial charge in [-0.3, -0.25) is 0 Å². The average Bonchev–Trinajstić information content (AvgIpc) is 3.56. The number of hydrogen-bond donors (Lipinski definition) is 1. The summed E-state index contributed by atoms with van der Waals surface area (Å²) in [5.74, 6) is -0.948. The molecule has 4 aromatic carbocycles. The minimum Gasteiger partial charge on any atom is -0.478 e. The smallest absolute Gasteiger partial charge is 0.337 e. The van der Waals surface area contributed by atoms with Gasteiger partial charge >= 0.3 is 5.97 Å². The highest BCUT2D eigenvalue weighted by Crippen LogP contribution is 2.35. The molecule has 5 heteroatoms. The van der Waals surface area contributed by atoms with Gasteiger partial charge in [-0.15, -0.1) is 0 Å². The summed E-state index contributed by atoms with van der Waals surface area (Å²) in [6.45, 7) is 3.09. The quantitative estimate of drug-likeness (QED) is 0.207. The molecule has 42 heavy (non-hydrogen) atoms. The van der Waals surface area contributed by atoms with Crippen molar-refractivity contribution in [3.8, 4) is 11.3 Å². The number of carboxylic acid groups (broad SMARTS) is 1. The van der Waals surface area contributed by atoms with E-state index < -0.39 is 5.97 Å². The van der Waals surface area contributed by atoms with Crippen LogP contribution in [0.15, 0.2) is 116 Å². The molecule has 5 nitrogen and oxygen atoms in total. The molecule has 0 aliphatic heterocycles. The average molecular weight is 550 g/mol. The van der Waals surface area contributed by atoms with Crippen LogP contribution in [0.3, 0.4) is 0 Å². The SMILES string of the molecule is Cc1cccc2c1c(Cc1c(-c3ccc4ccccc4c3C(=O)O)nc3ccccn13)cn2CCCc1ccccc1. The Morgan fingerprint density at radius 2 is 1.67 bits per heavy atom. The van der Waals surface area contributed by atoms with E-state index in [9.17, 15) is 9.90 Å². The summed E-state index contributed by atoms with van der Waals surface area (Å²) in [6.07, 6.45) is 7.00. The maximum atomic E-state index is 12.7. The Labute approximate surface area is 244 Å². The van der Waals surface area contributed by atoms with Crippen LogP contribution in [0.5, 0.6) is 0 Å². The first-order chi connectivity index (χ1) is 20.6. The molecule has 0 saturated heterocycles. The number of pyridine rings is 1. The van der Waals surface area contributed by atoms with Gasteiger partial charge in [0.15, 0.2) is 0 Å². The largest absolute Gasteiger partial charge is 0.478 e. The fourth-order valence-electron chi connectivity index (χ4n) is 6.36. The molecule has 0 radical (unpaired) electrons. The number of rotatable bonds is 8. The molecule has 3 aromatic heterocycles. The molecule has 0 aliphatic rings. The molecule has 0 saturated carbocycles. The molecule has 0 bridgehead atoms. The molecule has 1 N–H and O–H groups in total. The van der Waals surface area contributed by atoms with E-state index in [0.717, 1.165) is 41.5 Å². The van der Waals surface area contributed by atoms with Gasteiger partial charge in [0.2, 0.25) is 0 Å². The van der Waals surface area contributed by atoms with Crippen LogP contribution in [-0.4, -0.2) is 25.0 Å². The van der Waals surface area contributed by atoms with Crippen molar-refractivity contribution in [1.29, 1.82) is 0 Å². The highest BCUT2D eigenvalue weighted by atomic mass is 16.4. The summed E-state index contributed by atoms with van der Waals surface area (Å²) in [4.78, 5) is 17.7. The van der Waals surface area contributed by atoms with E-state index in [1.54, 1.807) is 0 Å². The molecular weight excluding hydrogens is 518 g/mol. The van der Waals surface area contributed by atoms with Crippen molar-refractivity contribution in [2.24, 2.45) is 0 Å². The van der Waals surface area contributed by atoms with Crippen LogP contribution < -0.4 is 0 Å². The number of benzene rings is 4. The highest BCUT2D eigenvalue weighted by molar-refractivity contribution is 6.09.